The zero-order valence-electron chi connectivity index (χ0n) is 14.5. The maximum atomic E-state index is 12.3. The first-order valence-electron chi connectivity index (χ1n) is 8.39. The predicted octanol–water partition coefficient (Wildman–Crippen LogP) is 1.83. The summed E-state index contributed by atoms with van der Waals surface area (Å²) in [5.74, 6) is 0.299. The molecule has 0 bridgehead atoms. The fourth-order valence-electron chi connectivity index (χ4n) is 2.94. The minimum atomic E-state index is -0.987. The van der Waals surface area contributed by atoms with Crippen LogP contribution >= 0.6 is 0 Å². The second kappa shape index (κ2) is 7.90. The Morgan fingerprint density at radius 3 is 2.42 bits per heavy atom. The molecule has 1 fully saturated rings. The molecule has 0 radical (unpaired) electrons. The molecule has 2 heterocycles. The number of hydrogen-bond acceptors (Lipinski definition) is 5. The van der Waals surface area contributed by atoms with Gasteiger partial charge in [-0.3, -0.25) is 9.48 Å². The molecule has 8 nitrogen and oxygen atoms in total. The van der Waals surface area contributed by atoms with E-state index >= 15 is 0 Å². The van der Waals surface area contributed by atoms with Crippen molar-refractivity contribution >= 4 is 11.9 Å². The molecule has 1 amide bonds. The van der Waals surface area contributed by atoms with Crippen LogP contribution in [0.5, 0.6) is 11.5 Å². The van der Waals surface area contributed by atoms with Crippen LogP contribution in [0.3, 0.4) is 0 Å². The fraction of sp³-hybridized carbons (Fsp3) is 0.389. The van der Waals surface area contributed by atoms with Gasteiger partial charge >= 0.3 is 5.97 Å². The second-order valence-electron chi connectivity index (χ2n) is 6.09. The lowest BCUT2D eigenvalue weighted by molar-refractivity contribution is -0.134. The third kappa shape index (κ3) is 4.14. The highest BCUT2D eigenvalue weighted by atomic mass is 16.5. The number of carbonyl (C=O) groups is 2. The molecule has 8 heteroatoms. The predicted molar refractivity (Wildman–Crippen MR) is 92.5 cm³/mol. The topological polar surface area (TPSA) is 93.9 Å². The number of carboxylic acid groups (broad SMARTS) is 1. The van der Waals surface area contributed by atoms with Crippen molar-refractivity contribution in [2.24, 2.45) is 0 Å². The van der Waals surface area contributed by atoms with E-state index in [4.69, 9.17) is 14.6 Å². The highest BCUT2D eigenvalue weighted by molar-refractivity contribution is 5.86. The first-order valence-corrected chi connectivity index (χ1v) is 8.39. The van der Waals surface area contributed by atoms with E-state index in [-0.39, 0.29) is 24.1 Å². The Bertz CT molecular complexity index is 763. The van der Waals surface area contributed by atoms with Gasteiger partial charge in [0.25, 0.3) is 5.91 Å². The molecule has 0 unspecified atom stereocenters. The van der Waals surface area contributed by atoms with Gasteiger partial charge < -0.3 is 19.5 Å². The normalized spacial score (nSPS) is 14.9. The first kappa shape index (κ1) is 17.8. The van der Waals surface area contributed by atoms with Crippen molar-refractivity contribution in [1.29, 1.82) is 0 Å². The van der Waals surface area contributed by atoms with Crippen LogP contribution in [0.15, 0.2) is 36.7 Å². The molecule has 26 heavy (non-hydrogen) atoms. The summed E-state index contributed by atoms with van der Waals surface area (Å²) in [6.45, 7) is 1.18. The summed E-state index contributed by atoms with van der Waals surface area (Å²) >= 11 is 0. The van der Waals surface area contributed by atoms with Crippen molar-refractivity contribution in [2.75, 3.05) is 26.8 Å². The van der Waals surface area contributed by atoms with Crippen molar-refractivity contribution in [2.45, 2.75) is 18.9 Å². The smallest absolute Gasteiger partial charge is 0.338 e. The number of aromatic carboxylic acids is 1. The molecule has 2 aromatic rings. The molecule has 1 aliphatic rings. The number of ether oxygens (including phenoxy) is 2. The van der Waals surface area contributed by atoms with Crippen LogP contribution in [0.2, 0.25) is 0 Å². The number of rotatable bonds is 6. The van der Waals surface area contributed by atoms with Gasteiger partial charge in [-0.1, -0.05) is 0 Å². The van der Waals surface area contributed by atoms with E-state index in [1.807, 2.05) is 0 Å². The van der Waals surface area contributed by atoms with Crippen molar-refractivity contribution in [3.05, 3.63) is 42.2 Å². The number of likely N-dealkylation sites (tertiary alicyclic amines) is 1. The molecule has 1 aromatic heterocycles. The van der Waals surface area contributed by atoms with Gasteiger partial charge in [-0.2, -0.15) is 5.10 Å². The van der Waals surface area contributed by atoms with Crippen LogP contribution in [0.4, 0.5) is 0 Å². The number of benzene rings is 1. The Kier molecular flexibility index (Phi) is 5.40. The highest BCUT2D eigenvalue weighted by Gasteiger charge is 2.25. The van der Waals surface area contributed by atoms with Crippen molar-refractivity contribution < 1.29 is 24.2 Å². The van der Waals surface area contributed by atoms with Crippen LogP contribution in [0.25, 0.3) is 0 Å². The summed E-state index contributed by atoms with van der Waals surface area (Å²) in [4.78, 5) is 25.0. The largest absolute Gasteiger partial charge is 0.497 e. The molecule has 1 saturated heterocycles. The van der Waals surface area contributed by atoms with Gasteiger partial charge in [0.1, 0.15) is 11.5 Å². The number of nitrogens with zero attached hydrogens (tertiary/aromatic N) is 3. The number of carboxylic acids is 1. The molecule has 1 aromatic carbocycles. The van der Waals surface area contributed by atoms with Crippen LogP contribution in [0.1, 0.15) is 29.2 Å². The third-order valence-corrected chi connectivity index (χ3v) is 4.46. The van der Waals surface area contributed by atoms with E-state index in [1.165, 1.54) is 12.4 Å². The number of methoxy groups -OCH3 is 1. The second-order valence-corrected chi connectivity index (χ2v) is 6.09. The van der Waals surface area contributed by atoms with Gasteiger partial charge in [0.2, 0.25) is 0 Å². The minimum absolute atomic E-state index is 0.0120. The van der Waals surface area contributed by atoms with E-state index in [9.17, 15) is 9.59 Å². The van der Waals surface area contributed by atoms with E-state index in [1.54, 1.807) is 41.0 Å². The molecule has 1 aliphatic heterocycles. The summed E-state index contributed by atoms with van der Waals surface area (Å²) in [6.07, 6.45) is 4.35. The lowest BCUT2D eigenvalue weighted by Crippen LogP contribution is -2.41. The van der Waals surface area contributed by atoms with Gasteiger partial charge in [-0.25, -0.2) is 4.79 Å². The Labute approximate surface area is 150 Å². The molecule has 3 rings (SSSR count). The zero-order valence-corrected chi connectivity index (χ0v) is 14.5. The van der Waals surface area contributed by atoms with Crippen LogP contribution in [-0.2, 0) is 4.79 Å². The zero-order chi connectivity index (χ0) is 18.5. The Morgan fingerprint density at radius 2 is 1.85 bits per heavy atom. The van der Waals surface area contributed by atoms with Crippen molar-refractivity contribution in [1.82, 2.24) is 14.7 Å². The van der Waals surface area contributed by atoms with E-state index in [2.05, 4.69) is 5.10 Å². The number of carbonyl (C=O) groups excluding carboxylic acids is 1. The lowest BCUT2D eigenvalue weighted by atomic mass is 10.1. The number of piperidine rings is 1. The van der Waals surface area contributed by atoms with Crippen LogP contribution in [-0.4, -0.2) is 58.5 Å². The van der Waals surface area contributed by atoms with Gasteiger partial charge in [0.15, 0.2) is 6.61 Å². The van der Waals surface area contributed by atoms with Crippen molar-refractivity contribution in [3.8, 4) is 11.5 Å². The summed E-state index contributed by atoms with van der Waals surface area (Å²) in [6, 6.07) is 7.18. The number of amides is 1. The van der Waals surface area contributed by atoms with E-state index in [0.29, 0.717) is 18.8 Å². The minimum Gasteiger partial charge on any atom is -0.497 e. The summed E-state index contributed by atoms with van der Waals surface area (Å²) in [7, 11) is 1.59. The quantitative estimate of drug-likeness (QED) is 0.846. The van der Waals surface area contributed by atoms with Gasteiger partial charge in [0.05, 0.1) is 24.9 Å². The number of hydrogen-bond donors (Lipinski definition) is 1. The Balaban J connectivity index is 1.47. The Hall–Kier alpha value is -3.03. The van der Waals surface area contributed by atoms with Gasteiger partial charge in [0, 0.05) is 19.3 Å². The molecule has 0 atom stereocenters. The van der Waals surface area contributed by atoms with Crippen molar-refractivity contribution in [3.63, 3.8) is 0 Å². The monoisotopic (exact) mass is 359 g/mol. The average Bonchev–Trinajstić information content (AvgIpc) is 3.17. The standard InChI is InChI=1S/C18H21N3O5/c1-25-15-2-4-16(5-3-15)26-12-17(22)20-8-6-14(7-9-20)21-11-13(10-19-21)18(23)24/h2-5,10-11,14H,6-9,12H2,1H3,(H,23,24). The van der Waals surface area contributed by atoms with E-state index < -0.39 is 5.97 Å². The molecular formula is C18H21N3O5. The van der Waals surface area contributed by atoms with Gasteiger partial charge in [-0.05, 0) is 37.1 Å². The van der Waals surface area contributed by atoms with Crippen LogP contribution in [0, 0.1) is 0 Å². The third-order valence-electron chi connectivity index (χ3n) is 4.46. The lowest BCUT2D eigenvalue weighted by Gasteiger charge is -2.32. The highest BCUT2D eigenvalue weighted by Crippen LogP contribution is 2.23. The molecular weight excluding hydrogens is 338 g/mol. The molecule has 0 spiro atoms. The summed E-state index contributed by atoms with van der Waals surface area (Å²) in [5, 5.41) is 13.1. The molecule has 1 N–H and O–H groups in total. The Morgan fingerprint density at radius 1 is 1.19 bits per heavy atom. The number of aromatic nitrogens is 2. The summed E-state index contributed by atoms with van der Waals surface area (Å²) < 4.78 is 12.3. The average molecular weight is 359 g/mol. The van der Waals surface area contributed by atoms with Gasteiger partial charge in [-0.15, -0.1) is 0 Å². The maximum Gasteiger partial charge on any atom is 0.338 e. The molecule has 0 saturated carbocycles. The SMILES string of the molecule is COc1ccc(OCC(=O)N2CCC(n3cc(C(=O)O)cn3)CC2)cc1. The summed E-state index contributed by atoms with van der Waals surface area (Å²) in [5.41, 5.74) is 0.177. The maximum absolute atomic E-state index is 12.3. The van der Waals surface area contributed by atoms with Crippen LogP contribution < -0.4 is 9.47 Å². The molecule has 138 valence electrons. The fourth-order valence-corrected chi connectivity index (χ4v) is 2.94. The van der Waals surface area contributed by atoms with E-state index in [0.717, 1.165) is 18.6 Å². The molecule has 0 aliphatic carbocycles. The first-order chi connectivity index (χ1) is 12.6.